The number of sulfonamides is 1. The van der Waals surface area contributed by atoms with E-state index < -0.39 is 34.4 Å². The molecule has 2 aromatic rings. The lowest BCUT2D eigenvalue weighted by molar-refractivity contribution is -0.0907. The molecule has 0 unspecified atom stereocenters. The van der Waals surface area contributed by atoms with Gasteiger partial charge in [-0.1, -0.05) is 44.2 Å². The molecule has 2 aliphatic rings. The Kier molecular flexibility index (Phi) is 9.90. The molecule has 0 bridgehead atoms. The first-order valence-electron chi connectivity index (χ1n) is 13.6. The van der Waals surface area contributed by atoms with Gasteiger partial charge in [0.2, 0.25) is 10.0 Å². The Hall–Kier alpha value is -2.90. The highest BCUT2D eigenvalue weighted by Gasteiger charge is 2.44. The summed E-state index contributed by atoms with van der Waals surface area (Å²) in [6.45, 7) is 4.53. The standard InChI is InChI=1S/C28H40N4O7S/c1-18(2)15-32(40(35,36)20-9-10-22(29)23(14-20)30-3)16-25(33)24(13-19-7-5-4-6-8-19)31-28(34)39-26-17-38-27-21(26)11-12-37-27/h4-10,14,18,21,24-27,30,33H,11-13,15-17,29H2,1-3H3,(H,31,34)/t21-,24-,25+,26-,27+/m0/s1. The number of hydrogen-bond acceptors (Lipinski definition) is 9. The van der Waals surface area contributed by atoms with E-state index in [2.05, 4.69) is 10.6 Å². The molecule has 0 spiro atoms. The van der Waals surface area contributed by atoms with Crippen LogP contribution in [0.5, 0.6) is 0 Å². The van der Waals surface area contributed by atoms with Gasteiger partial charge in [0.15, 0.2) is 6.29 Å². The number of nitrogens with two attached hydrogens (primary N) is 1. The fourth-order valence-corrected chi connectivity index (χ4v) is 6.75. The average molecular weight is 577 g/mol. The van der Waals surface area contributed by atoms with Crippen LogP contribution in [0.1, 0.15) is 25.8 Å². The van der Waals surface area contributed by atoms with Gasteiger partial charge in [0, 0.05) is 20.1 Å². The van der Waals surface area contributed by atoms with Crippen LogP contribution in [0.4, 0.5) is 16.2 Å². The Bertz CT molecular complexity index is 1240. The molecule has 4 rings (SSSR count). The fraction of sp³-hybridized carbons (Fsp3) is 0.536. The Morgan fingerprint density at radius 2 is 1.93 bits per heavy atom. The summed E-state index contributed by atoms with van der Waals surface area (Å²) in [5.74, 6) is -0.0497. The van der Waals surface area contributed by atoms with Gasteiger partial charge in [0.1, 0.15) is 6.10 Å². The molecule has 5 atom stereocenters. The maximum Gasteiger partial charge on any atom is 0.407 e. The second-order valence-corrected chi connectivity index (χ2v) is 12.6. The van der Waals surface area contributed by atoms with Crippen LogP contribution in [0, 0.1) is 11.8 Å². The van der Waals surface area contributed by atoms with E-state index in [4.69, 9.17) is 19.9 Å². The maximum absolute atomic E-state index is 13.7. The van der Waals surface area contributed by atoms with E-state index in [1.54, 1.807) is 7.05 Å². The van der Waals surface area contributed by atoms with Crippen molar-refractivity contribution in [2.24, 2.45) is 11.8 Å². The average Bonchev–Trinajstić information content (AvgIpc) is 3.53. The highest BCUT2D eigenvalue weighted by molar-refractivity contribution is 7.89. The number of anilines is 2. The van der Waals surface area contributed by atoms with Gasteiger partial charge < -0.3 is 35.7 Å². The Morgan fingerprint density at radius 3 is 2.62 bits per heavy atom. The molecule has 2 aromatic carbocycles. The summed E-state index contributed by atoms with van der Waals surface area (Å²) < 4.78 is 45.5. The van der Waals surface area contributed by atoms with E-state index in [1.807, 2.05) is 44.2 Å². The lowest BCUT2D eigenvalue weighted by atomic mass is 10.0. The summed E-state index contributed by atoms with van der Waals surface area (Å²) in [5.41, 5.74) is 7.73. The number of ether oxygens (including phenoxy) is 3. The molecule has 1 amide bonds. The molecular formula is C28H40N4O7S. The number of alkyl carbamates (subject to hydrolysis) is 1. The molecule has 0 saturated carbocycles. The zero-order valence-corrected chi connectivity index (χ0v) is 24.0. The minimum atomic E-state index is -4.00. The van der Waals surface area contributed by atoms with Gasteiger partial charge in [0.25, 0.3) is 0 Å². The minimum Gasteiger partial charge on any atom is -0.443 e. The lowest BCUT2D eigenvalue weighted by Crippen LogP contribution is -2.51. The highest BCUT2D eigenvalue weighted by atomic mass is 32.2. The smallest absolute Gasteiger partial charge is 0.407 e. The van der Waals surface area contributed by atoms with E-state index >= 15 is 0 Å². The van der Waals surface area contributed by atoms with Crippen LogP contribution in [0.3, 0.4) is 0 Å². The molecule has 0 radical (unpaired) electrons. The third-order valence-corrected chi connectivity index (χ3v) is 9.03. The van der Waals surface area contributed by atoms with Crippen molar-refractivity contribution in [1.29, 1.82) is 0 Å². The zero-order valence-electron chi connectivity index (χ0n) is 23.2. The highest BCUT2D eigenvalue weighted by Crippen LogP contribution is 2.33. The monoisotopic (exact) mass is 576 g/mol. The molecule has 0 aliphatic carbocycles. The third kappa shape index (κ3) is 7.24. The molecule has 40 heavy (non-hydrogen) atoms. The summed E-state index contributed by atoms with van der Waals surface area (Å²) >= 11 is 0. The van der Waals surface area contributed by atoms with Crippen LogP contribution in [0.2, 0.25) is 0 Å². The second-order valence-electron chi connectivity index (χ2n) is 10.7. The molecule has 2 heterocycles. The quantitative estimate of drug-likeness (QED) is 0.279. The van der Waals surface area contributed by atoms with Crippen LogP contribution in [-0.2, 0) is 30.7 Å². The van der Waals surface area contributed by atoms with E-state index in [-0.39, 0.29) is 49.1 Å². The van der Waals surface area contributed by atoms with Gasteiger partial charge in [-0.05, 0) is 42.5 Å². The topological polar surface area (TPSA) is 152 Å². The summed E-state index contributed by atoms with van der Waals surface area (Å²) in [7, 11) is -2.34. The second kappa shape index (κ2) is 13.2. The van der Waals surface area contributed by atoms with Crippen molar-refractivity contribution in [2.45, 2.75) is 56.1 Å². The Balaban J connectivity index is 1.53. The van der Waals surface area contributed by atoms with Crippen molar-refractivity contribution in [3.63, 3.8) is 0 Å². The number of carbonyl (C=O) groups excluding carboxylic acids is 1. The zero-order chi connectivity index (χ0) is 28.9. The number of carbonyl (C=O) groups is 1. The maximum atomic E-state index is 13.7. The number of nitrogens with one attached hydrogen (secondary N) is 2. The number of aliphatic hydroxyl groups is 1. The number of amides is 1. The molecule has 5 N–H and O–H groups in total. The van der Waals surface area contributed by atoms with Crippen LogP contribution in [0.25, 0.3) is 0 Å². The molecular weight excluding hydrogens is 536 g/mol. The number of nitrogen functional groups attached to an aromatic ring is 1. The summed E-state index contributed by atoms with van der Waals surface area (Å²) in [4.78, 5) is 13.0. The predicted octanol–water partition coefficient (Wildman–Crippen LogP) is 2.42. The molecule has 12 heteroatoms. The first-order valence-corrected chi connectivity index (χ1v) is 15.0. The molecule has 2 saturated heterocycles. The van der Waals surface area contributed by atoms with Gasteiger partial charge >= 0.3 is 6.09 Å². The first kappa shape index (κ1) is 30.1. The third-order valence-electron chi connectivity index (χ3n) is 7.20. The van der Waals surface area contributed by atoms with Crippen LogP contribution < -0.4 is 16.4 Å². The molecule has 2 fully saturated rings. The normalized spacial score (nSPS) is 22.2. The van der Waals surface area contributed by atoms with E-state index in [0.29, 0.717) is 18.0 Å². The lowest BCUT2D eigenvalue weighted by Gasteiger charge is -2.31. The Labute approximate surface area is 236 Å². The van der Waals surface area contributed by atoms with Gasteiger partial charge in [-0.25, -0.2) is 13.2 Å². The van der Waals surface area contributed by atoms with Gasteiger partial charge in [-0.15, -0.1) is 0 Å². The van der Waals surface area contributed by atoms with Crippen LogP contribution in [0.15, 0.2) is 53.4 Å². The van der Waals surface area contributed by atoms with E-state index in [1.165, 1.54) is 22.5 Å². The molecule has 0 aromatic heterocycles. The number of benzene rings is 2. The number of hydrogen-bond donors (Lipinski definition) is 4. The predicted molar refractivity (Wildman–Crippen MR) is 151 cm³/mol. The van der Waals surface area contributed by atoms with Crippen molar-refractivity contribution in [3.8, 4) is 0 Å². The van der Waals surface area contributed by atoms with Gasteiger partial charge in [-0.3, -0.25) is 0 Å². The fourth-order valence-electron chi connectivity index (χ4n) is 5.10. The number of rotatable bonds is 12. The van der Waals surface area contributed by atoms with Crippen molar-refractivity contribution in [2.75, 3.05) is 44.4 Å². The van der Waals surface area contributed by atoms with Crippen molar-refractivity contribution in [1.82, 2.24) is 9.62 Å². The SMILES string of the molecule is CNc1cc(S(=O)(=O)N(CC(C)C)C[C@@H](O)[C@H](Cc2ccccc2)NC(=O)O[C@H]2CO[C@H]3OCC[C@H]32)ccc1N. The van der Waals surface area contributed by atoms with Gasteiger partial charge in [-0.2, -0.15) is 4.31 Å². The van der Waals surface area contributed by atoms with Gasteiger partial charge in [0.05, 0.1) is 47.5 Å². The summed E-state index contributed by atoms with van der Waals surface area (Å²) in [6.07, 6.45) is -1.74. The van der Waals surface area contributed by atoms with Crippen molar-refractivity contribution in [3.05, 3.63) is 54.1 Å². The summed E-state index contributed by atoms with van der Waals surface area (Å²) in [6, 6.07) is 13.0. The Morgan fingerprint density at radius 1 is 1.18 bits per heavy atom. The number of fused-ring (bicyclic) bond motifs is 1. The first-order chi connectivity index (χ1) is 19.1. The number of aliphatic hydroxyl groups excluding tert-OH is 1. The molecule has 11 nitrogen and oxygen atoms in total. The molecule has 2 aliphatic heterocycles. The van der Waals surface area contributed by atoms with Crippen LogP contribution in [-0.4, -0.2) is 81.8 Å². The molecule has 220 valence electrons. The minimum absolute atomic E-state index is 0.0195. The van der Waals surface area contributed by atoms with E-state index in [0.717, 1.165) is 12.0 Å². The summed E-state index contributed by atoms with van der Waals surface area (Å²) in [5, 5.41) is 17.1. The van der Waals surface area contributed by atoms with Crippen molar-refractivity contribution >= 4 is 27.5 Å². The van der Waals surface area contributed by atoms with Crippen molar-refractivity contribution < 1.29 is 32.5 Å². The number of nitrogens with zero attached hydrogens (tertiary/aromatic N) is 1. The largest absolute Gasteiger partial charge is 0.443 e. The van der Waals surface area contributed by atoms with E-state index in [9.17, 15) is 18.3 Å². The van der Waals surface area contributed by atoms with Crippen LogP contribution >= 0.6 is 0 Å².